The Balaban J connectivity index is 2.47. The van der Waals surface area contributed by atoms with Crippen LogP contribution >= 0.6 is 0 Å². The Morgan fingerprint density at radius 1 is 1.00 bits per heavy atom. The second-order valence-electron chi connectivity index (χ2n) is 3.78. The van der Waals surface area contributed by atoms with Gasteiger partial charge in [-0.3, -0.25) is 0 Å². The SMILES string of the molecule is COC1CCC(OC(C)C)C1OC. The average molecular weight is 188 g/mol. The molecule has 0 aromatic heterocycles. The Morgan fingerprint density at radius 3 is 2.08 bits per heavy atom. The van der Waals surface area contributed by atoms with E-state index in [1.54, 1.807) is 14.2 Å². The number of hydrogen-bond acceptors (Lipinski definition) is 3. The van der Waals surface area contributed by atoms with Crippen molar-refractivity contribution in [2.75, 3.05) is 14.2 Å². The quantitative estimate of drug-likeness (QED) is 0.670. The van der Waals surface area contributed by atoms with Crippen LogP contribution in [0.5, 0.6) is 0 Å². The predicted molar refractivity (Wildman–Crippen MR) is 50.8 cm³/mol. The molecule has 1 aliphatic carbocycles. The van der Waals surface area contributed by atoms with Crippen LogP contribution in [0.3, 0.4) is 0 Å². The lowest BCUT2D eigenvalue weighted by molar-refractivity contribution is -0.0989. The van der Waals surface area contributed by atoms with Gasteiger partial charge in [0.2, 0.25) is 0 Å². The molecule has 0 heterocycles. The lowest BCUT2D eigenvalue weighted by atomic mass is 10.2. The molecule has 1 aliphatic rings. The van der Waals surface area contributed by atoms with Crippen molar-refractivity contribution in [1.82, 2.24) is 0 Å². The van der Waals surface area contributed by atoms with Crippen LogP contribution < -0.4 is 0 Å². The number of hydrogen-bond donors (Lipinski definition) is 0. The molecule has 0 aliphatic heterocycles. The predicted octanol–water partition coefficient (Wildman–Crippen LogP) is 1.60. The van der Waals surface area contributed by atoms with E-state index in [1.165, 1.54) is 0 Å². The van der Waals surface area contributed by atoms with E-state index in [1.807, 2.05) is 13.8 Å². The topological polar surface area (TPSA) is 27.7 Å². The minimum absolute atomic E-state index is 0.104. The summed E-state index contributed by atoms with van der Waals surface area (Å²) in [5.41, 5.74) is 0. The summed E-state index contributed by atoms with van der Waals surface area (Å²) in [5, 5.41) is 0. The molecule has 3 heteroatoms. The molecule has 0 N–H and O–H groups in total. The highest BCUT2D eigenvalue weighted by molar-refractivity contribution is 4.87. The molecule has 0 aromatic carbocycles. The molecule has 3 nitrogen and oxygen atoms in total. The monoisotopic (exact) mass is 188 g/mol. The Morgan fingerprint density at radius 2 is 1.62 bits per heavy atom. The Labute approximate surface area is 80.4 Å². The van der Waals surface area contributed by atoms with Gasteiger partial charge in [-0.2, -0.15) is 0 Å². The number of methoxy groups -OCH3 is 2. The van der Waals surface area contributed by atoms with Crippen LogP contribution in [-0.2, 0) is 14.2 Å². The Hall–Kier alpha value is -0.120. The van der Waals surface area contributed by atoms with Crippen molar-refractivity contribution in [1.29, 1.82) is 0 Å². The second-order valence-corrected chi connectivity index (χ2v) is 3.78. The number of rotatable bonds is 4. The minimum Gasteiger partial charge on any atom is -0.379 e. The van der Waals surface area contributed by atoms with Crippen molar-refractivity contribution in [3.05, 3.63) is 0 Å². The van der Waals surface area contributed by atoms with E-state index in [0.717, 1.165) is 12.8 Å². The molecule has 0 radical (unpaired) electrons. The fraction of sp³-hybridized carbons (Fsp3) is 1.00. The molecule has 0 saturated heterocycles. The lowest BCUT2D eigenvalue weighted by Gasteiger charge is -2.24. The largest absolute Gasteiger partial charge is 0.379 e. The molecular weight excluding hydrogens is 168 g/mol. The van der Waals surface area contributed by atoms with E-state index < -0.39 is 0 Å². The average Bonchev–Trinajstić information content (AvgIpc) is 2.45. The van der Waals surface area contributed by atoms with Gasteiger partial charge in [-0.1, -0.05) is 0 Å². The van der Waals surface area contributed by atoms with Gasteiger partial charge in [0.15, 0.2) is 0 Å². The van der Waals surface area contributed by atoms with Gasteiger partial charge in [0, 0.05) is 14.2 Å². The highest BCUT2D eigenvalue weighted by Gasteiger charge is 2.37. The van der Waals surface area contributed by atoms with Crippen molar-refractivity contribution < 1.29 is 14.2 Å². The van der Waals surface area contributed by atoms with Gasteiger partial charge in [-0.25, -0.2) is 0 Å². The summed E-state index contributed by atoms with van der Waals surface area (Å²) in [4.78, 5) is 0. The zero-order valence-electron chi connectivity index (χ0n) is 8.95. The van der Waals surface area contributed by atoms with Crippen LogP contribution in [0.15, 0.2) is 0 Å². The molecule has 3 atom stereocenters. The summed E-state index contributed by atoms with van der Waals surface area (Å²) in [6.45, 7) is 4.10. The summed E-state index contributed by atoms with van der Waals surface area (Å²) in [5.74, 6) is 0. The highest BCUT2D eigenvalue weighted by Crippen LogP contribution is 2.27. The van der Waals surface area contributed by atoms with Crippen molar-refractivity contribution >= 4 is 0 Å². The van der Waals surface area contributed by atoms with Gasteiger partial charge >= 0.3 is 0 Å². The maximum atomic E-state index is 5.74. The smallest absolute Gasteiger partial charge is 0.109 e. The van der Waals surface area contributed by atoms with E-state index >= 15 is 0 Å². The zero-order valence-corrected chi connectivity index (χ0v) is 8.95. The zero-order chi connectivity index (χ0) is 9.84. The molecule has 78 valence electrons. The third-order valence-corrected chi connectivity index (χ3v) is 2.49. The summed E-state index contributed by atoms with van der Waals surface area (Å²) < 4.78 is 16.4. The molecule has 13 heavy (non-hydrogen) atoms. The number of ether oxygens (including phenoxy) is 3. The summed E-state index contributed by atoms with van der Waals surface area (Å²) in [6, 6.07) is 0. The van der Waals surface area contributed by atoms with Crippen LogP contribution in [-0.4, -0.2) is 38.6 Å². The van der Waals surface area contributed by atoms with E-state index in [0.29, 0.717) is 0 Å². The molecule has 1 saturated carbocycles. The summed E-state index contributed by atoms with van der Waals surface area (Å²) in [6.07, 6.45) is 2.84. The Kier molecular flexibility index (Phi) is 4.16. The first kappa shape index (κ1) is 11.0. The van der Waals surface area contributed by atoms with Crippen LogP contribution in [0.25, 0.3) is 0 Å². The molecule has 0 aromatic rings. The molecule has 0 amide bonds. The fourth-order valence-corrected chi connectivity index (χ4v) is 1.95. The van der Waals surface area contributed by atoms with Gasteiger partial charge in [-0.15, -0.1) is 0 Å². The second kappa shape index (κ2) is 4.94. The van der Waals surface area contributed by atoms with E-state index in [2.05, 4.69) is 0 Å². The lowest BCUT2D eigenvalue weighted by Crippen LogP contribution is -2.35. The first-order valence-corrected chi connectivity index (χ1v) is 4.90. The minimum atomic E-state index is 0.104. The van der Waals surface area contributed by atoms with Crippen LogP contribution in [0.1, 0.15) is 26.7 Å². The molecule has 0 bridgehead atoms. The molecular formula is C10H20O3. The van der Waals surface area contributed by atoms with Crippen molar-refractivity contribution in [2.45, 2.75) is 51.1 Å². The normalized spacial score (nSPS) is 34.4. The summed E-state index contributed by atoms with van der Waals surface area (Å²) in [7, 11) is 3.45. The van der Waals surface area contributed by atoms with Crippen molar-refractivity contribution in [3.63, 3.8) is 0 Å². The van der Waals surface area contributed by atoms with Crippen LogP contribution in [0, 0.1) is 0 Å². The standard InChI is InChI=1S/C10H20O3/c1-7(2)13-9-6-5-8(11-3)10(9)12-4/h7-10H,5-6H2,1-4H3. The van der Waals surface area contributed by atoms with E-state index in [-0.39, 0.29) is 24.4 Å². The third kappa shape index (κ3) is 2.66. The summed E-state index contributed by atoms with van der Waals surface area (Å²) >= 11 is 0. The maximum absolute atomic E-state index is 5.74. The van der Waals surface area contributed by atoms with Gasteiger partial charge in [0.05, 0.1) is 18.3 Å². The first-order chi connectivity index (χ1) is 6.19. The first-order valence-electron chi connectivity index (χ1n) is 4.90. The van der Waals surface area contributed by atoms with Gasteiger partial charge in [0.1, 0.15) is 6.10 Å². The Bertz CT molecular complexity index is 147. The highest BCUT2D eigenvalue weighted by atomic mass is 16.6. The molecule has 3 unspecified atom stereocenters. The van der Waals surface area contributed by atoms with Crippen molar-refractivity contribution in [3.8, 4) is 0 Å². The fourth-order valence-electron chi connectivity index (χ4n) is 1.95. The van der Waals surface area contributed by atoms with Gasteiger partial charge < -0.3 is 14.2 Å². The van der Waals surface area contributed by atoms with Gasteiger partial charge in [0.25, 0.3) is 0 Å². The van der Waals surface area contributed by atoms with Crippen molar-refractivity contribution in [2.24, 2.45) is 0 Å². The van der Waals surface area contributed by atoms with Gasteiger partial charge in [-0.05, 0) is 26.7 Å². The van der Waals surface area contributed by atoms with Crippen LogP contribution in [0.4, 0.5) is 0 Å². The maximum Gasteiger partial charge on any atom is 0.109 e. The van der Waals surface area contributed by atoms with Crippen LogP contribution in [0.2, 0.25) is 0 Å². The molecule has 1 fully saturated rings. The molecule has 0 spiro atoms. The molecule has 1 rings (SSSR count). The van der Waals surface area contributed by atoms with E-state index in [9.17, 15) is 0 Å². The van der Waals surface area contributed by atoms with E-state index in [4.69, 9.17) is 14.2 Å². The third-order valence-electron chi connectivity index (χ3n) is 2.49.